The van der Waals surface area contributed by atoms with Crippen molar-refractivity contribution in [3.8, 4) is 0 Å². The lowest BCUT2D eigenvalue weighted by molar-refractivity contribution is -0.133. The monoisotopic (exact) mass is 291 g/mol. The van der Waals surface area contributed by atoms with Gasteiger partial charge in [-0.15, -0.1) is 0 Å². The van der Waals surface area contributed by atoms with E-state index in [9.17, 15) is 9.59 Å². The van der Waals surface area contributed by atoms with Crippen molar-refractivity contribution in [2.24, 2.45) is 0 Å². The Morgan fingerprint density at radius 1 is 1.19 bits per heavy atom. The van der Waals surface area contributed by atoms with Gasteiger partial charge in [0.1, 0.15) is 0 Å². The van der Waals surface area contributed by atoms with Gasteiger partial charge < -0.3 is 15.5 Å². The molecule has 1 rings (SSSR count). The molecule has 116 valence electrons. The normalized spacial score (nSPS) is 10.2. The van der Waals surface area contributed by atoms with Crippen LogP contribution in [0.3, 0.4) is 0 Å². The van der Waals surface area contributed by atoms with Crippen LogP contribution in [0, 0.1) is 0 Å². The molecule has 0 bridgehead atoms. The number of benzene rings is 1. The lowest BCUT2D eigenvalue weighted by Gasteiger charge is -2.21. The minimum Gasteiger partial charge on any atom is -0.347 e. The molecule has 0 aliphatic rings. The van der Waals surface area contributed by atoms with Crippen LogP contribution >= 0.6 is 0 Å². The Labute approximate surface area is 126 Å². The molecule has 0 fully saturated rings. The van der Waals surface area contributed by atoms with Crippen LogP contribution in [0.25, 0.3) is 0 Å². The molecule has 0 aliphatic heterocycles. The van der Waals surface area contributed by atoms with E-state index in [-0.39, 0.29) is 18.4 Å². The molecule has 0 heterocycles. The zero-order valence-corrected chi connectivity index (χ0v) is 12.9. The van der Waals surface area contributed by atoms with E-state index in [1.165, 1.54) is 0 Å². The molecule has 5 nitrogen and oxygen atoms in total. The summed E-state index contributed by atoms with van der Waals surface area (Å²) in [6.07, 6.45) is 1.22. The summed E-state index contributed by atoms with van der Waals surface area (Å²) in [5, 5.41) is 5.67. The van der Waals surface area contributed by atoms with E-state index in [0.717, 1.165) is 18.5 Å². The van der Waals surface area contributed by atoms with E-state index >= 15 is 0 Å². The molecular weight excluding hydrogens is 266 g/mol. The number of nitrogens with one attached hydrogen (secondary N) is 2. The van der Waals surface area contributed by atoms with Gasteiger partial charge in [0.25, 0.3) is 0 Å². The van der Waals surface area contributed by atoms with Crippen LogP contribution in [0.4, 0.5) is 0 Å². The second-order valence-electron chi connectivity index (χ2n) is 4.88. The molecule has 1 aromatic rings. The average Bonchev–Trinajstić information content (AvgIpc) is 2.51. The van der Waals surface area contributed by atoms with Gasteiger partial charge in [-0.3, -0.25) is 9.59 Å². The molecule has 1 aromatic carbocycles. The Balaban J connectivity index is 2.36. The van der Waals surface area contributed by atoms with Crippen molar-refractivity contribution < 1.29 is 9.59 Å². The third-order valence-electron chi connectivity index (χ3n) is 3.22. The highest BCUT2D eigenvalue weighted by Crippen LogP contribution is 2.04. The van der Waals surface area contributed by atoms with Crippen molar-refractivity contribution in [1.82, 2.24) is 15.5 Å². The number of amides is 2. The molecule has 21 heavy (non-hydrogen) atoms. The van der Waals surface area contributed by atoms with Gasteiger partial charge >= 0.3 is 0 Å². The molecule has 0 unspecified atom stereocenters. The lowest BCUT2D eigenvalue weighted by atomic mass is 10.2. The molecule has 0 saturated carbocycles. The van der Waals surface area contributed by atoms with Crippen molar-refractivity contribution in [1.29, 1.82) is 0 Å². The quantitative estimate of drug-likeness (QED) is 0.671. The molecule has 0 aliphatic carbocycles. The Kier molecular flexibility index (Phi) is 8.12. The molecule has 0 saturated heterocycles. The summed E-state index contributed by atoms with van der Waals surface area (Å²) < 4.78 is 0. The summed E-state index contributed by atoms with van der Waals surface area (Å²) in [6.45, 7) is 4.01. The minimum absolute atomic E-state index is 0.0525. The van der Waals surface area contributed by atoms with Gasteiger partial charge in [-0.1, -0.05) is 30.3 Å². The highest BCUT2D eigenvalue weighted by atomic mass is 16.2. The maximum absolute atomic E-state index is 12.1. The summed E-state index contributed by atoms with van der Waals surface area (Å²) >= 11 is 0. The number of likely N-dealkylation sites (N-methyl/N-ethyl adjacent to an activating group) is 1. The topological polar surface area (TPSA) is 61.4 Å². The predicted octanol–water partition coefficient (Wildman–Crippen LogP) is 1.15. The Hall–Kier alpha value is -1.88. The molecule has 0 spiro atoms. The molecule has 2 N–H and O–H groups in total. The Bertz CT molecular complexity index is 434. The zero-order valence-electron chi connectivity index (χ0n) is 12.9. The van der Waals surface area contributed by atoms with E-state index in [1.807, 2.05) is 44.3 Å². The predicted molar refractivity (Wildman–Crippen MR) is 83.7 cm³/mol. The first kappa shape index (κ1) is 17.2. The maximum Gasteiger partial charge on any atom is 0.242 e. The summed E-state index contributed by atoms with van der Waals surface area (Å²) in [6, 6.07) is 9.85. The SMILES string of the molecule is CCN(Cc1ccccc1)C(=O)CNC(=O)CCCNC. The lowest BCUT2D eigenvalue weighted by Crippen LogP contribution is -2.39. The van der Waals surface area contributed by atoms with Crippen LogP contribution in [-0.2, 0) is 16.1 Å². The van der Waals surface area contributed by atoms with Crippen molar-refractivity contribution in [2.75, 3.05) is 26.7 Å². The number of hydrogen-bond donors (Lipinski definition) is 2. The highest BCUT2D eigenvalue weighted by molar-refractivity contribution is 5.84. The fourth-order valence-corrected chi connectivity index (χ4v) is 1.98. The fraction of sp³-hybridized carbons (Fsp3) is 0.500. The molecule has 5 heteroatoms. The third-order valence-corrected chi connectivity index (χ3v) is 3.22. The second-order valence-corrected chi connectivity index (χ2v) is 4.88. The largest absolute Gasteiger partial charge is 0.347 e. The Morgan fingerprint density at radius 3 is 2.52 bits per heavy atom. The van der Waals surface area contributed by atoms with Crippen LogP contribution in [0.1, 0.15) is 25.3 Å². The standard InChI is InChI=1S/C16H25N3O2/c1-3-19(13-14-8-5-4-6-9-14)16(21)12-18-15(20)10-7-11-17-2/h4-6,8-9,17H,3,7,10-13H2,1-2H3,(H,18,20). The van der Waals surface area contributed by atoms with Crippen LogP contribution in [0.5, 0.6) is 0 Å². The van der Waals surface area contributed by atoms with Crippen LogP contribution in [-0.4, -0.2) is 43.4 Å². The van der Waals surface area contributed by atoms with Crippen molar-refractivity contribution in [3.63, 3.8) is 0 Å². The summed E-state index contributed by atoms with van der Waals surface area (Å²) in [5.74, 6) is -0.127. The summed E-state index contributed by atoms with van der Waals surface area (Å²) in [5.41, 5.74) is 1.09. The van der Waals surface area contributed by atoms with E-state index in [0.29, 0.717) is 19.5 Å². The van der Waals surface area contributed by atoms with Gasteiger partial charge in [0.2, 0.25) is 11.8 Å². The minimum atomic E-state index is -0.0747. The zero-order chi connectivity index (χ0) is 15.5. The first-order valence-corrected chi connectivity index (χ1v) is 7.40. The summed E-state index contributed by atoms with van der Waals surface area (Å²) in [7, 11) is 1.85. The van der Waals surface area contributed by atoms with Crippen molar-refractivity contribution in [2.45, 2.75) is 26.3 Å². The van der Waals surface area contributed by atoms with E-state index in [4.69, 9.17) is 0 Å². The van der Waals surface area contributed by atoms with E-state index < -0.39 is 0 Å². The van der Waals surface area contributed by atoms with E-state index in [2.05, 4.69) is 10.6 Å². The van der Waals surface area contributed by atoms with Gasteiger partial charge in [-0.25, -0.2) is 0 Å². The summed E-state index contributed by atoms with van der Waals surface area (Å²) in [4.78, 5) is 25.4. The highest BCUT2D eigenvalue weighted by Gasteiger charge is 2.13. The Morgan fingerprint density at radius 2 is 1.90 bits per heavy atom. The maximum atomic E-state index is 12.1. The number of hydrogen-bond acceptors (Lipinski definition) is 3. The van der Waals surface area contributed by atoms with Crippen LogP contribution in [0.15, 0.2) is 30.3 Å². The van der Waals surface area contributed by atoms with E-state index in [1.54, 1.807) is 4.90 Å². The van der Waals surface area contributed by atoms with Crippen molar-refractivity contribution >= 4 is 11.8 Å². The second kappa shape index (κ2) is 9.94. The number of carbonyl (C=O) groups excluding carboxylic acids is 2. The molecular formula is C16H25N3O2. The first-order chi connectivity index (χ1) is 10.2. The van der Waals surface area contributed by atoms with Gasteiger partial charge in [0, 0.05) is 19.5 Å². The average molecular weight is 291 g/mol. The smallest absolute Gasteiger partial charge is 0.242 e. The number of rotatable bonds is 9. The number of nitrogens with zero attached hydrogens (tertiary/aromatic N) is 1. The number of carbonyl (C=O) groups is 2. The van der Waals surface area contributed by atoms with Crippen LogP contribution < -0.4 is 10.6 Å². The van der Waals surface area contributed by atoms with Gasteiger partial charge in [0.15, 0.2) is 0 Å². The van der Waals surface area contributed by atoms with Gasteiger partial charge in [0.05, 0.1) is 6.54 Å². The fourth-order valence-electron chi connectivity index (χ4n) is 1.98. The first-order valence-electron chi connectivity index (χ1n) is 7.40. The van der Waals surface area contributed by atoms with Gasteiger partial charge in [-0.05, 0) is 32.5 Å². The third kappa shape index (κ3) is 6.90. The van der Waals surface area contributed by atoms with Gasteiger partial charge in [-0.2, -0.15) is 0 Å². The molecule has 0 aromatic heterocycles. The molecule has 0 atom stereocenters. The van der Waals surface area contributed by atoms with Crippen molar-refractivity contribution in [3.05, 3.63) is 35.9 Å². The molecule has 0 radical (unpaired) electrons. The van der Waals surface area contributed by atoms with Crippen LogP contribution in [0.2, 0.25) is 0 Å². The molecule has 2 amide bonds.